The molecule has 24 heavy (non-hydrogen) atoms. The highest BCUT2D eigenvalue weighted by molar-refractivity contribution is 7.89. The van der Waals surface area contributed by atoms with E-state index in [1.54, 1.807) is 18.2 Å². The first-order valence-electron chi connectivity index (χ1n) is 7.03. The SMILES string of the molecule is CN(C)S(=O)(=O)c1cnn(Cc2cc(-c3cccc(Cl)c3)on2)c1. The monoisotopic (exact) mass is 366 g/mol. The van der Waals surface area contributed by atoms with Gasteiger partial charge in [0, 0.05) is 36.9 Å². The average Bonchev–Trinajstić information content (AvgIpc) is 3.17. The van der Waals surface area contributed by atoms with E-state index in [4.69, 9.17) is 16.1 Å². The number of nitrogens with zero attached hydrogens (tertiary/aromatic N) is 4. The van der Waals surface area contributed by atoms with Gasteiger partial charge in [-0.15, -0.1) is 0 Å². The average molecular weight is 367 g/mol. The van der Waals surface area contributed by atoms with Crippen LogP contribution in [0.15, 0.2) is 52.1 Å². The highest BCUT2D eigenvalue weighted by atomic mass is 35.5. The topological polar surface area (TPSA) is 81.2 Å². The van der Waals surface area contributed by atoms with E-state index in [2.05, 4.69) is 10.3 Å². The van der Waals surface area contributed by atoms with Gasteiger partial charge in [-0.25, -0.2) is 12.7 Å². The molecule has 126 valence electrons. The zero-order valence-electron chi connectivity index (χ0n) is 13.0. The summed E-state index contributed by atoms with van der Waals surface area (Å²) in [5.74, 6) is 0.584. The number of rotatable bonds is 5. The zero-order valence-corrected chi connectivity index (χ0v) is 14.6. The Bertz CT molecular complexity index is 963. The minimum atomic E-state index is -3.50. The van der Waals surface area contributed by atoms with Crippen molar-refractivity contribution in [2.24, 2.45) is 0 Å². The van der Waals surface area contributed by atoms with E-state index in [1.165, 1.54) is 31.2 Å². The van der Waals surface area contributed by atoms with Crippen LogP contribution in [-0.2, 0) is 16.6 Å². The molecule has 7 nitrogen and oxygen atoms in total. The Balaban J connectivity index is 1.80. The van der Waals surface area contributed by atoms with Crippen LogP contribution in [0.2, 0.25) is 5.02 Å². The Morgan fingerprint density at radius 1 is 1.29 bits per heavy atom. The Morgan fingerprint density at radius 2 is 2.08 bits per heavy atom. The molecule has 3 rings (SSSR count). The standard InChI is InChI=1S/C15H15ClN4O3S/c1-19(2)24(21,22)14-8-17-20(10-14)9-13-7-15(23-18-13)11-4-3-5-12(16)6-11/h3-8,10H,9H2,1-2H3. The molecule has 0 amide bonds. The lowest BCUT2D eigenvalue weighted by atomic mass is 10.1. The van der Waals surface area contributed by atoms with Gasteiger partial charge >= 0.3 is 0 Å². The summed E-state index contributed by atoms with van der Waals surface area (Å²) in [6.45, 7) is 0.299. The van der Waals surface area contributed by atoms with Gasteiger partial charge in [0.05, 0.1) is 12.7 Å². The third kappa shape index (κ3) is 3.35. The zero-order chi connectivity index (χ0) is 17.3. The van der Waals surface area contributed by atoms with Crippen LogP contribution in [0.4, 0.5) is 0 Å². The Labute approximate surface area is 144 Å². The van der Waals surface area contributed by atoms with Gasteiger partial charge in [-0.3, -0.25) is 4.68 Å². The van der Waals surface area contributed by atoms with E-state index in [0.29, 0.717) is 23.0 Å². The van der Waals surface area contributed by atoms with Crippen LogP contribution in [-0.4, -0.2) is 41.8 Å². The number of hydrogen-bond donors (Lipinski definition) is 0. The van der Waals surface area contributed by atoms with E-state index < -0.39 is 10.0 Å². The predicted molar refractivity (Wildman–Crippen MR) is 89.2 cm³/mol. The van der Waals surface area contributed by atoms with Crippen LogP contribution in [0, 0.1) is 0 Å². The lowest BCUT2D eigenvalue weighted by molar-refractivity contribution is 0.419. The molecule has 1 aromatic carbocycles. The maximum Gasteiger partial charge on any atom is 0.245 e. The van der Waals surface area contributed by atoms with Crippen molar-refractivity contribution in [1.82, 2.24) is 19.2 Å². The molecular weight excluding hydrogens is 352 g/mol. The van der Waals surface area contributed by atoms with Gasteiger partial charge in [0.2, 0.25) is 10.0 Å². The first-order chi connectivity index (χ1) is 11.4. The van der Waals surface area contributed by atoms with Crippen LogP contribution < -0.4 is 0 Å². The van der Waals surface area contributed by atoms with Crippen molar-refractivity contribution in [2.45, 2.75) is 11.4 Å². The molecule has 2 heterocycles. The minimum Gasteiger partial charge on any atom is -0.356 e. The Morgan fingerprint density at radius 3 is 2.79 bits per heavy atom. The number of aromatic nitrogens is 3. The van der Waals surface area contributed by atoms with Gasteiger partial charge in [-0.1, -0.05) is 28.9 Å². The first-order valence-corrected chi connectivity index (χ1v) is 8.84. The van der Waals surface area contributed by atoms with E-state index in [0.717, 1.165) is 9.87 Å². The number of halogens is 1. The molecule has 0 aliphatic carbocycles. The van der Waals surface area contributed by atoms with E-state index in [9.17, 15) is 8.42 Å². The molecular formula is C15H15ClN4O3S. The van der Waals surface area contributed by atoms with Crippen molar-refractivity contribution in [2.75, 3.05) is 14.1 Å². The summed E-state index contributed by atoms with van der Waals surface area (Å²) in [7, 11) is -0.552. The fraction of sp³-hybridized carbons (Fsp3) is 0.200. The van der Waals surface area contributed by atoms with E-state index >= 15 is 0 Å². The van der Waals surface area contributed by atoms with E-state index in [1.807, 2.05) is 12.1 Å². The first kappa shape index (κ1) is 16.7. The number of hydrogen-bond acceptors (Lipinski definition) is 5. The third-order valence-corrected chi connectivity index (χ3v) is 5.38. The lowest BCUT2D eigenvalue weighted by Crippen LogP contribution is -2.21. The summed E-state index contributed by atoms with van der Waals surface area (Å²) in [6.07, 6.45) is 2.77. The Kier molecular flexibility index (Phi) is 4.44. The molecule has 0 saturated heterocycles. The lowest BCUT2D eigenvalue weighted by Gasteiger charge is -2.08. The molecule has 0 fully saturated rings. The van der Waals surface area contributed by atoms with Gasteiger partial charge in [-0.2, -0.15) is 5.10 Å². The van der Waals surface area contributed by atoms with Gasteiger partial charge in [-0.05, 0) is 12.1 Å². The van der Waals surface area contributed by atoms with Gasteiger partial charge in [0.15, 0.2) is 5.76 Å². The van der Waals surface area contributed by atoms with Crippen LogP contribution in [0.1, 0.15) is 5.69 Å². The van der Waals surface area contributed by atoms with Crippen LogP contribution in [0.25, 0.3) is 11.3 Å². The highest BCUT2D eigenvalue weighted by Crippen LogP contribution is 2.23. The number of sulfonamides is 1. The molecule has 0 N–H and O–H groups in total. The second-order valence-corrected chi connectivity index (χ2v) is 7.94. The third-order valence-electron chi connectivity index (χ3n) is 3.38. The quantitative estimate of drug-likeness (QED) is 0.693. The van der Waals surface area contributed by atoms with Crippen molar-refractivity contribution in [3.8, 4) is 11.3 Å². The summed E-state index contributed by atoms with van der Waals surface area (Å²) in [5.41, 5.74) is 1.44. The molecule has 0 spiro atoms. The fourth-order valence-electron chi connectivity index (χ4n) is 2.11. The molecule has 2 aromatic heterocycles. The molecule has 0 aliphatic rings. The second-order valence-electron chi connectivity index (χ2n) is 5.35. The second kappa shape index (κ2) is 6.39. The van der Waals surface area contributed by atoms with Gasteiger partial charge in [0.25, 0.3) is 0 Å². The maximum absolute atomic E-state index is 12.0. The normalized spacial score (nSPS) is 12.0. The van der Waals surface area contributed by atoms with Crippen molar-refractivity contribution in [3.63, 3.8) is 0 Å². The molecule has 0 radical (unpaired) electrons. The van der Waals surface area contributed by atoms with Crippen molar-refractivity contribution in [1.29, 1.82) is 0 Å². The molecule has 0 bridgehead atoms. The summed E-state index contributed by atoms with van der Waals surface area (Å²) >= 11 is 5.97. The van der Waals surface area contributed by atoms with Crippen molar-refractivity contribution in [3.05, 3.63) is 53.4 Å². The van der Waals surface area contributed by atoms with Crippen molar-refractivity contribution >= 4 is 21.6 Å². The fourth-order valence-corrected chi connectivity index (χ4v) is 3.15. The molecule has 0 saturated carbocycles. The summed E-state index contributed by atoms with van der Waals surface area (Å²) in [4.78, 5) is 0.131. The van der Waals surface area contributed by atoms with Crippen molar-refractivity contribution < 1.29 is 12.9 Å². The van der Waals surface area contributed by atoms with Crippen LogP contribution in [0.5, 0.6) is 0 Å². The summed E-state index contributed by atoms with van der Waals surface area (Å²) in [5, 5.41) is 8.66. The maximum atomic E-state index is 12.0. The van der Waals surface area contributed by atoms with Crippen LogP contribution >= 0.6 is 11.6 Å². The van der Waals surface area contributed by atoms with Gasteiger partial charge in [0.1, 0.15) is 10.6 Å². The van der Waals surface area contributed by atoms with Crippen LogP contribution in [0.3, 0.4) is 0 Å². The van der Waals surface area contributed by atoms with Gasteiger partial charge < -0.3 is 4.52 Å². The van der Waals surface area contributed by atoms with E-state index in [-0.39, 0.29) is 4.90 Å². The molecule has 9 heteroatoms. The highest BCUT2D eigenvalue weighted by Gasteiger charge is 2.19. The smallest absolute Gasteiger partial charge is 0.245 e. The molecule has 3 aromatic rings. The molecule has 0 unspecified atom stereocenters. The Hall–Kier alpha value is -2.16. The molecule has 0 atom stereocenters. The minimum absolute atomic E-state index is 0.131. The largest absolute Gasteiger partial charge is 0.356 e. The summed E-state index contributed by atoms with van der Waals surface area (Å²) < 4.78 is 32.0. The number of benzene rings is 1. The molecule has 0 aliphatic heterocycles. The predicted octanol–water partition coefficient (Wildman–Crippen LogP) is 2.49. The summed E-state index contributed by atoms with van der Waals surface area (Å²) in [6, 6.07) is 9.02.